The molecule has 6 heteroatoms. The minimum atomic E-state index is -0.0605. The van der Waals surface area contributed by atoms with Gasteiger partial charge in [0.2, 0.25) is 5.91 Å². The van der Waals surface area contributed by atoms with Gasteiger partial charge in [0, 0.05) is 38.7 Å². The fourth-order valence-electron chi connectivity index (χ4n) is 1.76. The van der Waals surface area contributed by atoms with E-state index in [1.807, 2.05) is 6.20 Å². The second kappa shape index (κ2) is 6.08. The lowest BCUT2D eigenvalue weighted by molar-refractivity contribution is -0.121. The zero-order chi connectivity index (χ0) is 13.7. The molecule has 0 aromatic carbocycles. The van der Waals surface area contributed by atoms with E-state index in [9.17, 15) is 4.79 Å². The van der Waals surface area contributed by atoms with Crippen LogP contribution in [0.25, 0.3) is 0 Å². The van der Waals surface area contributed by atoms with Crippen molar-refractivity contribution in [2.45, 2.75) is 26.6 Å². The molecule has 0 radical (unpaired) electrons. The average Bonchev–Trinajstić information content (AvgIpc) is 3.05. The molecule has 0 aliphatic rings. The third-order valence-electron chi connectivity index (χ3n) is 2.89. The first-order valence-corrected chi connectivity index (χ1v) is 6.33. The van der Waals surface area contributed by atoms with Crippen molar-refractivity contribution in [1.29, 1.82) is 0 Å². The summed E-state index contributed by atoms with van der Waals surface area (Å²) in [4.78, 5) is 11.2. The van der Waals surface area contributed by atoms with Crippen molar-refractivity contribution in [1.82, 2.24) is 19.7 Å². The van der Waals surface area contributed by atoms with Gasteiger partial charge in [-0.15, -0.1) is 0 Å². The van der Waals surface area contributed by atoms with Crippen LogP contribution in [0.1, 0.15) is 12.5 Å². The molecule has 6 nitrogen and oxygen atoms in total. The van der Waals surface area contributed by atoms with Gasteiger partial charge in [-0.1, -0.05) is 0 Å². The monoisotopic (exact) mass is 261 g/mol. The maximum Gasteiger partial charge on any atom is 0.241 e. The fraction of sp³-hybridized carbons (Fsp3) is 0.385. The van der Waals surface area contributed by atoms with Crippen LogP contribution in [-0.4, -0.2) is 27.3 Å². The maximum atomic E-state index is 11.2. The second-order valence-corrected chi connectivity index (χ2v) is 4.30. The highest BCUT2D eigenvalue weighted by molar-refractivity contribution is 5.75. The number of likely N-dealkylation sites (N-methyl/N-ethyl adjacent to an activating group) is 1. The third kappa shape index (κ3) is 3.61. The lowest BCUT2D eigenvalue weighted by Crippen LogP contribution is -2.23. The number of anilines is 1. The zero-order valence-corrected chi connectivity index (χ0v) is 11.3. The van der Waals surface area contributed by atoms with Crippen molar-refractivity contribution in [3.8, 4) is 0 Å². The molecule has 2 aromatic heterocycles. The highest BCUT2D eigenvalue weighted by atomic mass is 16.1. The summed E-state index contributed by atoms with van der Waals surface area (Å²) >= 11 is 0. The molecule has 0 unspecified atom stereocenters. The summed E-state index contributed by atoms with van der Waals surface area (Å²) < 4.78 is 3.74. The summed E-state index contributed by atoms with van der Waals surface area (Å²) in [5.41, 5.74) is 2.13. The van der Waals surface area contributed by atoms with Crippen molar-refractivity contribution in [3.63, 3.8) is 0 Å². The highest BCUT2D eigenvalue weighted by Gasteiger charge is 2.03. The lowest BCUT2D eigenvalue weighted by atomic mass is 10.3. The summed E-state index contributed by atoms with van der Waals surface area (Å²) in [6.07, 6.45) is 7.72. The Morgan fingerprint density at radius 2 is 2.26 bits per heavy atom. The molecular formula is C13H19N5O. The van der Waals surface area contributed by atoms with Crippen molar-refractivity contribution in [2.24, 2.45) is 0 Å². The first kappa shape index (κ1) is 13.2. The van der Waals surface area contributed by atoms with E-state index in [1.165, 1.54) is 5.56 Å². The smallest absolute Gasteiger partial charge is 0.241 e. The van der Waals surface area contributed by atoms with Crippen LogP contribution in [0.2, 0.25) is 0 Å². The molecule has 102 valence electrons. The molecule has 0 bridgehead atoms. The quantitative estimate of drug-likeness (QED) is 0.817. The topological polar surface area (TPSA) is 63.9 Å². The Kier molecular flexibility index (Phi) is 4.22. The number of nitrogens with one attached hydrogen (secondary N) is 2. The fourth-order valence-corrected chi connectivity index (χ4v) is 1.76. The van der Waals surface area contributed by atoms with E-state index in [0.717, 1.165) is 18.8 Å². The van der Waals surface area contributed by atoms with Gasteiger partial charge in [-0.25, -0.2) is 0 Å². The summed E-state index contributed by atoms with van der Waals surface area (Å²) in [5, 5.41) is 9.97. The molecule has 2 aromatic rings. The number of nitrogens with zero attached hydrogens (tertiary/aromatic N) is 3. The Morgan fingerprint density at radius 1 is 1.42 bits per heavy atom. The van der Waals surface area contributed by atoms with Gasteiger partial charge in [-0.05, 0) is 18.6 Å². The number of aryl methyl sites for hydroxylation is 1. The van der Waals surface area contributed by atoms with Gasteiger partial charge in [-0.2, -0.15) is 5.10 Å². The molecule has 0 aliphatic carbocycles. The molecule has 0 fully saturated rings. The largest absolute Gasteiger partial charge is 0.378 e. The third-order valence-corrected chi connectivity index (χ3v) is 2.89. The van der Waals surface area contributed by atoms with Crippen molar-refractivity contribution >= 4 is 11.6 Å². The van der Waals surface area contributed by atoms with Crippen LogP contribution >= 0.6 is 0 Å². The Balaban J connectivity index is 1.87. The number of hydrogen-bond donors (Lipinski definition) is 2. The van der Waals surface area contributed by atoms with E-state index in [1.54, 1.807) is 17.9 Å². The predicted octanol–water partition coefficient (Wildman–Crippen LogP) is 1.06. The van der Waals surface area contributed by atoms with E-state index in [4.69, 9.17) is 0 Å². The average molecular weight is 261 g/mol. The van der Waals surface area contributed by atoms with E-state index in [-0.39, 0.29) is 12.5 Å². The maximum absolute atomic E-state index is 11.2. The molecule has 2 rings (SSSR count). The van der Waals surface area contributed by atoms with Gasteiger partial charge in [-0.3, -0.25) is 9.48 Å². The van der Waals surface area contributed by atoms with E-state index in [2.05, 4.69) is 45.7 Å². The van der Waals surface area contributed by atoms with E-state index < -0.39 is 0 Å². The first-order chi connectivity index (χ1) is 9.21. The van der Waals surface area contributed by atoms with Crippen LogP contribution in [0.3, 0.4) is 0 Å². The molecule has 2 N–H and O–H groups in total. The molecule has 0 spiro atoms. The zero-order valence-electron chi connectivity index (χ0n) is 11.3. The standard InChI is InChI=1S/C13H19N5O/c1-3-17-5-4-11(8-17)6-15-12-7-16-18(9-12)10-13(19)14-2/h4-5,7-9,15H,3,6,10H2,1-2H3,(H,14,19). The molecular weight excluding hydrogens is 242 g/mol. The van der Waals surface area contributed by atoms with Gasteiger partial charge < -0.3 is 15.2 Å². The number of aromatic nitrogens is 3. The van der Waals surface area contributed by atoms with Crippen molar-refractivity contribution < 1.29 is 4.79 Å². The SMILES string of the molecule is CCn1ccc(CNc2cnn(CC(=O)NC)c2)c1. The second-order valence-electron chi connectivity index (χ2n) is 4.30. The summed E-state index contributed by atoms with van der Waals surface area (Å²) in [7, 11) is 1.61. The Bertz CT molecular complexity index is 543. The van der Waals surface area contributed by atoms with Crippen LogP contribution in [0.15, 0.2) is 30.9 Å². The highest BCUT2D eigenvalue weighted by Crippen LogP contribution is 2.08. The van der Waals surface area contributed by atoms with Crippen LogP contribution < -0.4 is 10.6 Å². The Morgan fingerprint density at radius 3 is 2.95 bits per heavy atom. The number of rotatable bonds is 6. The summed E-state index contributed by atoms with van der Waals surface area (Å²) in [6, 6.07) is 2.09. The first-order valence-electron chi connectivity index (χ1n) is 6.33. The molecule has 2 heterocycles. The molecule has 1 amide bonds. The summed E-state index contributed by atoms with van der Waals surface area (Å²) in [6.45, 7) is 4.08. The van der Waals surface area contributed by atoms with Gasteiger partial charge >= 0.3 is 0 Å². The molecule has 19 heavy (non-hydrogen) atoms. The molecule has 0 atom stereocenters. The predicted molar refractivity (Wildman–Crippen MR) is 73.7 cm³/mol. The lowest BCUT2D eigenvalue weighted by Gasteiger charge is -2.01. The number of amides is 1. The Hall–Kier alpha value is -2.24. The van der Waals surface area contributed by atoms with E-state index in [0.29, 0.717) is 0 Å². The van der Waals surface area contributed by atoms with Gasteiger partial charge in [0.05, 0.1) is 11.9 Å². The number of hydrogen-bond acceptors (Lipinski definition) is 3. The number of carbonyl (C=O) groups excluding carboxylic acids is 1. The summed E-state index contributed by atoms with van der Waals surface area (Å²) in [5.74, 6) is -0.0605. The van der Waals surface area contributed by atoms with Crippen LogP contribution in [0, 0.1) is 0 Å². The van der Waals surface area contributed by atoms with Crippen LogP contribution in [-0.2, 0) is 24.4 Å². The molecule has 0 aliphatic heterocycles. The van der Waals surface area contributed by atoms with Crippen LogP contribution in [0.4, 0.5) is 5.69 Å². The number of carbonyl (C=O) groups is 1. The normalized spacial score (nSPS) is 10.4. The molecule has 0 saturated carbocycles. The van der Waals surface area contributed by atoms with Crippen molar-refractivity contribution in [2.75, 3.05) is 12.4 Å². The van der Waals surface area contributed by atoms with Gasteiger partial charge in [0.1, 0.15) is 6.54 Å². The van der Waals surface area contributed by atoms with Gasteiger partial charge in [0.25, 0.3) is 0 Å². The minimum Gasteiger partial charge on any atom is -0.378 e. The minimum absolute atomic E-state index is 0.0605. The van der Waals surface area contributed by atoms with E-state index >= 15 is 0 Å². The van der Waals surface area contributed by atoms with Crippen molar-refractivity contribution in [3.05, 3.63) is 36.4 Å². The molecule has 0 saturated heterocycles. The Labute approximate surface area is 112 Å². The van der Waals surface area contributed by atoms with Gasteiger partial charge in [0.15, 0.2) is 0 Å². The van der Waals surface area contributed by atoms with Crippen LogP contribution in [0.5, 0.6) is 0 Å².